The van der Waals surface area contributed by atoms with Crippen LogP contribution in [0.25, 0.3) is 0 Å². The molecule has 0 aromatic heterocycles. The first kappa shape index (κ1) is 18.9. The lowest BCUT2D eigenvalue weighted by Gasteiger charge is -2.22. The first-order valence-corrected chi connectivity index (χ1v) is 7.83. The van der Waals surface area contributed by atoms with Gasteiger partial charge in [-0.2, -0.15) is 0 Å². The van der Waals surface area contributed by atoms with Crippen LogP contribution < -0.4 is 10.6 Å². The standard InChI is InChI=1S/C15H26N2O.C2H6/c1-3-4-9-16-11-7-14(2)8-12-18-15-6-5-10-17-13-15;1-2/h3-4,7-8,11,15-17H,5-6,9-10,12-13H2,1-2H3;1-2H3/b4-3+,11-7-,14-8+;. The van der Waals surface area contributed by atoms with E-state index < -0.39 is 0 Å². The Bertz CT molecular complexity index is 289. The Kier molecular flexibility index (Phi) is 13.6. The maximum Gasteiger partial charge on any atom is 0.0704 e. The van der Waals surface area contributed by atoms with Gasteiger partial charge in [0, 0.05) is 13.1 Å². The number of allylic oxidation sites excluding steroid dienone is 3. The Morgan fingerprint density at radius 1 is 1.40 bits per heavy atom. The van der Waals surface area contributed by atoms with Crippen LogP contribution in [-0.4, -0.2) is 32.3 Å². The Morgan fingerprint density at radius 2 is 2.20 bits per heavy atom. The van der Waals surface area contributed by atoms with Gasteiger partial charge in [0.1, 0.15) is 0 Å². The van der Waals surface area contributed by atoms with E-state index in [4.69, 9.17) is 4.74 Å². The maximum absolute atomic E-state index is 5.79. The summed E-state index contributed by atoms with van der Waals surface area (Å²) in [6.07, 6.45) is 13.1. The molecule has 0 aromatic rings. The van der Waals surface area contributed by atoms with Crippen LogP contribution in [-0.2, 0) is 4.74 Å². The van der Waals surface area contributed by atoms with Gasteiger partial charge in [-0.25, -0.2) is 0 Å². The van der Waals surface area contributed by atoms with Gasteiger partial charge in [-0.15, -0.1) is 0 Å². The van der Waals surface area contributed by atoms with Gasteiger partial charge in [0.15, 0.2) is 0 Å². The zero-order valence-corrected chi connectivity index (χ0v) is 13.6. The first-order chi connectivity index (χ1) is 9.83. The molecule has 0 amide bonds. The number of rotatable bonds is 7. The van der Waals surface area contributed by atoms with Gasteiger partial charge in [0.25, 0.3) is 0 Å². The number of nitrogens with one attached hydrogen (secondary N) is 2. The lowest BCUT2D eigenvalue weighted by Crippen LogP contribution is -2.35. The molecule has 1 rings (SSSR count). The van der Waals surface area contributed by atoms with Gasteiger partial charge in [-0.1, -0.05) is 37.6 Å². The SMILES string of the molecule is C/C=C/CN/C=C\C(C)=C\COC1CCCNC1.CC. The van der Waals surface area contributed by atoms with Gasteiger partial charge >= 0.3 is 0 Å². The Labute approximate surface area is 125 Å². The van der Waals surface area contributed by atoms with E-state index in [0.29, 0.717) is 12.7 Å². The summed E-state index contributed by atoms with van der Waals surface area (Å²) in [6.45, 7) is 11.8. The molecule has 0 spiro atoms. The van der Waals surface area contributed by atoms with E-state index in [-0.39, 0.29) is 0 Å². The number of ether oxygens (including phenoxy) is 1. The van der Waals surface area contributed by atoms with Crippen LogP contribution in [0.15, 0.2) is 36.1 Å². The third-order valence-electron chi connectivity index (χ3n) is 2.92. The Hall–Kier alpha value is -1.06. The quantitative estimate of drug-likeness (QED) is 0.426. The van der Waals surface area contributed by atoms with E-state index in [0.717, 1.165) is 19.6 Å². The third-order valence-corrected chi connectivity index (χ3v) is 2.92. The molecule has 1 unspecified atom stereocenters. The summed E-state index contributed by atoms with van der Waals surface area (Å²) in [4.78, 5) is 0. The van der Waals surface area contributed by atoms with Crippen molar-refractivity contribution in [3.63, 3.8) is 0 Å². The highest BCUT2D eigenvalue weighted by atomic mass is 16.5. The van der Waals surface area contributed by atoms with Crippen LogP contribution in [0.1, 0.15) is 40.5 Å². The third kappa shape index (κ3) is 10.8. The minimum absolute atomic E-state index is 0.389. The van der Waals surface area contributed by atoms with E-state index >= 15 is 0 Å². The van der Waals surface area contributed by atoms with Crippen molar-refractivity contribution >= 4 is 0 Å². The van der Waals surface area contributed by atoms with Crippen molar-refractivity contribution in [1.29, 1.82) is 0 Å². The van der Waals surface area contributed by atoms with Crippen molar-refractivity contribution in [3.05, 3.63) is 36.1 Å². The van der Waals surface area contributed by atoms with Crippen molar-refractivity contribution in [2.24, 2.45) is 0 Å². The average molecular weight is 280 g/mol. The predicted octanol–water partition coefficient (Wildman–Crippen LogP) is 3.41. The smallest absolute Gasteiger partial charge is 0.0704 e. The van der Waals surface area contributed by atoms with E-state index in [2.05, 4.69) is 35.8 Å². The van der Waals surface area contributed by atoms with Crippen LogP contribution in [0.5, 0.6) is 0 Å². The summed E-state index contributed by atoms with van der Waals surface area (Å²) in [5.74, 6) is 0. The molecule has 1 aliphatic heterocycles. The molecule has 116 valence electrons. The number of hydrogen-bond donors (Lipinski definition) is 2. The van der Waals surface area contributed by atoms with E-state index in [1.807, 2.05) is 33.0 Å². The molecule has 0 aromatic carbocycles. The zero-order valence-electron chi connectivity index (χ0n) is 13.6. The second-order valence-electron chi connectivity index (χ2n) is 4.56. The van der Waals surface area contributed by atoms with Crippen LogP contribution in [0.2, 0.25) is 0 Å². The molecule has 20 heavy (non-hydrogen) atoms. The second-order valence-corrected chi connectivity index (χ2v) is 4.56. The molecule has 3 nitrogen and oxygen atoms in total. The molecule has 1 aliphatic rings. The van der Waals surface area contributed by atoms with E-state index in [1.165, 1.54) is 18.4 Å². The van der Waals surface area contributed by atoms with Gasteiger partial charge in [0.2, 0.25) is 0 Å². The molecule has 0 bridgehead atoms. The molecule has 0 aliphatic carbocycles. The van der Waals surface area contributed by atoms with E-state index in [1.54, 1.807) is 0 Å². The Morgan fingerprint density at radius 3 is 2.85 bits per heavy atom. The zero-order chi connectivity index (χ0) is 15.1. The minimum atomic E-state index is 0.389. The average Bonchev–Trinajstić information content (AvgIpc) is 2.50. The summed E-state index contributed by atoms with van der Waals surface area (Å²) in [5.41, 5.74) is 1.23. The maximum atomic E-state index is 5.79. The van der Waals surface area contributed by atoms with Crippen molar-refractivity contribution < 1.29 is 4.74 Å². The molecule has 1 fully saturated rings. The molecule has 1 atom stereocenters. The normalized spacial score (nSPS) is 20.0. The molecular weight excluding hydrogens is 248 g/mol. The summed E-state index contributed by atoms with van der Waals surface area (Å²) >= 11 is 0. The van der Waals surface area contributed by atoms with Crippen molar-refractivity contribution in [2.75, 3.05) is 26.2 Å². The van der Waals surface area contributed by atoms with Crippen LogP contribution in [0.4, 0.5) is 0 Å². The van der Waals surface area contributed by atoms with Crippen LogP contribution in [0, 0.1) is 0 Å². The summed E-state index contributed by atoms with van der Waals surface area (Å²) in [7, 11) is 0. The molecule has 2 N–H and O–H groups in total. The second kappa shape index (κ2) is 14.4. The predicted molar refractivity (Wildman–Crippen MR) is 88.9 cm³/mol. The highest BCUT2D eigenvalue weighted by Gasteiger charge is 2.11. The fourth-order valence-corrected chi connectivity index (χ4v) is 1.79. The van der Waals surface area contributed by atoms with Crippen LogP contribution >= 0.6 is 0 Å². The van der Waals surface area contributed by atoms with Crippen molar-refractivity contribution in [2.45, 2.75) is 46.6 Å². The molecule has 1 heterocycles. The molecule has 0 saturated carbocycles. The highest BCUT2D eigenvalue weighted by molar-refractivity contribution is 5.15. The molecule has 0 radical (unpaired) electrons. The van der Waals surface area contributed by atoms with Crippen molar-refractivity contribution in [1.82, 2.24) is 10.6 Å². The largest absolute Gasteiger partial charge is 0.387 e. The van der Waals surface area contributed by atoms with Gasteiger partial charge < -0.3 is 15.4 Å². The minimum Gasteiger partial charge on any atom is -0.387 e. The monoisotopic (exact) mass is 280 g/mol. The first-order valence-electron chi connectivity index (χ1n) is 7.83. The summed E-state index contributed by atoms with van der Waals surface area (Å²) < 4.78 is 5.79. The number of piperidine rings is 1. The lowest BCUT2D eigenvalue weighted by atomic mass is 10.1. The summed E-state index contributed by atoms with van der Waals surface area (Å²) in [6, 6.07) is 0. The molecular formula is C17H32N2O. The molecule has 3 heteroatoms. The van der Waals surface area contributed by atoms with Crippen LogP contribution in [0.3, 0.4) is 0 Å². The fourth-order valence-electron chi connectivity index (χ4n) is 1.79. The highest BCUT2D eigenvalue weighted by Crippen LogP contribution is 2.06. The molecule has 1 saturated heterocycles. The summed E-state index contributed by atoms with van der Waals surface area (Å²) in [5, 5.41) is 6.55. The van der Waals surface area contributed by atoms with Gasteiger partial charge in [-0.3, -0.25) is 0 Å². The van der Waals surface area contributed by atoms with Gasteiger partial charge in [0.05, 0.1) is 12.7 Å². The topological polar surface area (TPSA) is 33.3 Å². The van der Waals surface area contributed by atoms with Crippen molar-refractivity contribution in [3.8, 4) is 0 Å². The van der Waals surface area contributed by atoms with Gasteiger partial charge in [-0.05, 0) is 45.5 Å². The lowest BCUT2D eigenvalue weighted by molar-refractivity contribution is 0.0556. The van der Waals surface area contributed by atoms with E-state index in [9.17, 15) is 0 Å². The Balaban J connectivity index is 0.00000172. The number of hydrogen-bond acceptors (Lipinski definition) is 3. The fraction of sp³-hybridized carbons (Fsp3) is 0.647.